The number of nitro groups is 2. The third kappa shape index (κ3) is 5.57. The lowest BCUT2D eigenvalue weighted by molar-refractivity contribution is -0.394. The van der Waals surface area contributed by atoms with Crippen LogP contribution in [0.15, 0.2) is 77.9 Å². The fraction of sp³-hybridized carbons (Fsp3) is 0. The Morgan fingerprint density at radius 2 is 1.44 bits per heavy atom. The van der Waals surface area contributed by atoms with E-state index < -0.39 is 33.1 Å². The van der Waals surface area contributed by atoms with Crippen molar-refractivity contribution < 1.29 is 24.2 Å². The first kappa shape index (κ1) is 21.8. The Morgan fingerprint density at radius 3 is 2.00 bits per heavy atom. The number of nitro benzene ring substituents is 2. The molecule has 0 fully saturated rings. The summed E-state index contributed by atoms with van der Waals surface area (Å²) in [7, 11) is 0. The quantitative estimate of drug-likeness (QED) is 0.196. The summed E-state index contributed by atoms with van der Waals surface area (Å²) < 4.78 is 5.25. The first-order chi connectivity index (χ1) is 15.3. The molecule has 0 atom stereocenters. The average molecular weight is 434 g/mol. The Hall–Kier alpha value is -4.93. The SMILES string of the molecule is O=C(NN=Cc1ccc(OC(=O)c2ccccc2)cc1)c1cc([N+](=O)[O-])cc([N+](=O)[O-])c1. The van der Waals surface area contributed by atoms with Crippen molar-refractivity contribution in [3.63, 3.8) is 0 Å². The van der Waals surface area contributed by atoms with Crippen molar-refractivity contribution in [1.29, 1.82) is 0 Å². The van der Waals surface area contributed by atoms with Gasteiger partial charge in [0.1, 0.15) is 5.75 Å². The first-order valence-electron chi connectivity index (χ1n) is 8.98. The average Bonchev–Trinajstić information content (AvgIpc) is 2.80. The second kappa shape index (κ2) is 9.71. The van der Waals surface area contributed by atoms with Crippen LogP contribution in [0, 0.1) is 20.2 Å². The lowest BCUT2D eigenvalue weighted by atomic mass is 10.1. The van der Waals surface area contributed by atoms with E-state index in [1.54, 1.807) is 42.5 Å². The van der Waals surface area contributed by atoms with Gasteiger partial charge in [-0.2, -0.15) is 5.10 Å². The Kier molecular flexibility index (Phi) is 6.61. The highest BCUT2D eigenvalue weighted by atomic mass is 16.6. The number of esters is 1. The number of amides is 1. The van der Waals surface area contributed by atoms with E-state index in [1.807, 2.05) is 0 Å². The van der Waals surface area contributed by atoms with Gasteiger partial charge < -0.3 is 4.74 Å². The zero-order valence-electron chi connectivity index (χ0n) is 16.2. The van der Waals surface area contributed by atoms with E-state index in [4.69, 9.17) is 4.74 Å². The van der Waals surface area contributed by atoms with Crippen LogP contribution < -0.4 is 10.2 Å². The van der Waals surface area contributed by atoms with Crippen molar-refractivity contribution in [2.45, 2.75) is 0 Å². The molecule has 0 heterocycles. The molecule has 0 bridgehead atoms. The van der Waals surface area contributed by atoms with Gasteiger partial charge in [-0.05, 0) is 42.0 Å². The van der Waals surface area contributed by atoms with E-state index in [0.29, 0.717) is 16.9 Å². The number of nitrogens with one attached hydrogen (secondary N) is 1. The van der Waals surface area contributed by atoms with Crippen molar-refractivity contribution in [2.24, 2.45) is 5.10 Å². The van der Waals surface area contributed by atoms with Gasteiger partial charge in [-0.3, -0.25) is 25.0 Å². The maximum absolute atomic E-state index is 12.2. The zero-order chi connectivity index (χ0) is 23.1. The fourth-order valence-electron chi connectivity index (χ4n) is 2.53. The van der Waals surface area contributed by atoms with E-state index in [9.17, 15) is 29.8 Å². The van der Waals surface area contributed by atoms with E-state index in [2.05, 4.69) is 10.5 Å². The summed E-state index contributed by atoms with van der Waals surface area (Å²) in [5, 5.41) is 25.6. The summed E-state index contributed by atoms with van der Waals surface area (Å²) >= 11 is 0. The van der Waals surface area contributed by atoms with Gasteiger partial charge in [0.05, 0.1) is 33.3 Å². The molecule has 0 aromatic heterocycles. The molecule has 0 radical (unpaired) electrons. The Bertz CT molecular complexity index is 1180. The Labute approximate surface area is 180 Å². The number of hydrogen-bond acceptors (Lipinski definition) is 8. The van der Waals surface area contributed by atoms with Crippen molar-refractivity contribution >= 4 is 29.5 Å². The van der Waals surface area contributed by atoms with Gasteiger partial charge in [0.15, 0.2) is 0 Å². The number of carbonyl (C=O) groups excluding carboxylic acids is 2. The molecule has 3 aromatic rings. The van der Waals surface area contributed by atoms with E-state index in [0.717, 1.165) is 18.2 Å². The monoisotopic (exact) mass is 434 g/mol. The highest BCUT2D eigenvalue weighted by Crippen LogP contribution is 2.22. The highest BCUT2D eigenvalue weighted by Gasteiger charge is 2.19. The summed E-state index contributed by atoms with van der Waals surface area (Å²) in [5.74, 6) is -1.06. The van der Waals surface area contributed by atoms with Gasteiger partial charge in [-0.1, -0.05) is 18.2 Å². The number of benzene rings is 3. The molecule has 0 saturated carbocycles. The number of hydrogen-bond donors (Lipinski definition) is 1. The van der Waals surface area contributed by atoms with Crippen LogP contribution in [-0.4, -0.2) is 27.9 Å². The summed E-state index contributed by atoms with van der Waals surface area (Å²) in [4.78, 5) is 44.4. The minimum atomic E-state index is -0.860. The molecule has 160 valence electrons. The first-order valence-corrected chi connectivity index (χ1v) is 8.98. The van der Waals surface area contributed by atoms with Crippen molar-refractivity contribution in [1.82, 2.24) is 5.43 Å². The van der Waals surface area contributed by atoms with Crippen LogP contribution in [0.2, 0.25) is 0 Å². The lowest BCUT2D eigenvalue weighted by Gasteiger charge is -2.04. The molecule has 3 rings (SSSR count). The highest BCUT2D eigenvalue weighted by molar-refractivity contribution is 5.96. The van der Waals surface area contributed by atoms with E-state index in [1.165, 1.54) is 18.3 Å². The maximum Gasteiger partial charge on any atom is 0.343 e. The molecular weight excluding hydrogens is 420 g/mol. The third-order valence-corrected chi connectivity index (χ3v) is 4.07. The summed E-state index contributed by atoms with van der Waals surface area (Å²) in [6.45, 7) is 0. The predicted octanol–water partition coefficient (Wildman–Crippen LogP) is 3.49. The summed E-state index contributed by atoms with van der Waals surface area (Å²) in [6.07, 6.45) is 1.28. The standard InChI is InChI=1S/C21H14N4O7/c26-20(16-10-17(24(28)29)12-18(11-16)25(30)31)23-22-13-14-6-8-19(9-7-14)32-21(27)15-4-2-1-3-5-15/h1-13H,(H,23,26). The van der Waals surface area contributed by atoms with Crippen molar-refractivity contribution in [3.8, 4) is 5.75 Å². The molecule has 0 aliphatic rings. The van der Waals surface area contributed by atoms with E-state index in [-0.39, 0.29) is 5.56 Å². The second-order valence-corrected chi connectivity index (χ2v) is 6.28. The predicted molar refractivity (Wildman–Crippen MR) is 113 cm³/mol. The van der Waals surface area contributed by atoms with Gasteiger partial charge in [0.2, 0.25) is 0 Å². The molecule has 11 nitrogen and oxygen atoms in total. The fourth-order valence-corrected chi connectivity index (χ4v) is 2.53. The molecule has 0 unspecified atom stereocenters. The smallest absolute Gasteiger partial charge is 0.343 e. The van der Waals surface area contributed by atoms with Crippen LogP contribution in [-0.2, 0) is 0 Å². The number of ether oxygens (including phenoxy) is 1. The van der Waals surface area contributed by atoms with Gasteiger partial charge in [0, 0.05) is 12.1 Å². The molecule has 1 N–H and O–H groups in total. The maximum atomic E-state index is 12.2. The number of rotatable bonds is 7. The third-order valence-electron chi connectivity index (χ3n) is 4.07. The largest absolute Gasteiger partial charge is 0.423 e. The van der Waals surface area contributed by atoms with Crippen LogP contribution in [0.4, 0.5) is 11.4 Å². The van der Waals surface area contributed by atoms with Crippen LogP contribution in [0.1, 0.15) is 26.3 Å². The molecule has 0 spiro atoms. The van der Waals surface area contributed by atoms with Gasteiger partial charge in [0.25, 0.3) is 17.3 Å². The van der Waals surface area contributed by atoms with Crippen molar-refractivity contribution in [3.05, 3.63) is 110 Å². The molecule has 11 heteroatoms. The van der Waals surface area contributed by atoms with Gasteiger partial charge in [-0.25, -0.2) is 10.2 Å². The van der Waals surface area contributed by atoms with Gasteiger partial charge >= 0.3 is 5.97 Å². The molecule has 32 heavy (non-hydrogen) atoms. The lowest BCUT2D eigenvalue weighted by Crippen LogP contribution is -2.18. The van der Waals surface area contributed by atoms with Crippen LogP contribution in [0.3, 0.4) is 0 Å². The molecule has 0 aliphatic carbocycles. The molecule has 1 amide bonds. The molecular formula is C21H14N4O7. The zero-order valence-corrected chi connectivity index (χ0v) is 16.2. The van der Waals surface area contributed by atoms with Gasteiger partial charge in [-0.15, -0.1) is 0 Å². The van der Waals surface area contributed by atoms with E-state index >= 15 is 0 Å². The normalized spacial score (nSPS) is 10.5. The van der Waals surface area contributed by atoms with Crippen molar-refractivity contribution in [2.75, 3.05) is 0 Å². The summed E-state index contributed by atoms with van der Waals surface area (Å²) in [6, 6.07) is 17.3. The van der Waals surface area contributed by atoms with Crippen LogP contribution in [0.5, 0.6) is 5.75 Å². The topological polar surface area (TPSA) is 154 Å². The number of nitrogens with zero attached hydrogens (tertiary/aromatic N) is 3. The molecule has 3 aromatic carbocycles. The molecule has 0 aliphatic heterocycles. The minimum absolute atomic E-state index is 0.286. The second-order valence-electron chi connectivity index (χ2n) is 6.28. The van der Waals surface area contributed by atoms with Crippen LogP contribution in [0.25, 0.3) is 0 Å². The number of hydrazone groups is 1. The Balaban J connectivity index is 1.63. The van der Waals surface area contributed by atoms with Crippen LogP contribution >= 0.6 is 0 Å². The molecule has 0 saturated heterocycles. The minimum Gasteiger partial charge on any atom is -0.423 e. The number of carbonyl (C=O) groups is 2. The Morgan fingerprint density at radius 1 is 0.844 bits per heavy atom. The number of non-ortho nitro benzene ring substituents is 2. The summed E-state index contributed by atoms with van der Waals surface area (Å²) in [5.41, 5.74) is 1.64.